The van der Waals surface area contributed by atoms with Gasteiger partial charge in [-0.3, -0.25) is 0 Å². The van der Waals surface area contributed by atoms with Gasteiger partial charge in [0.05, 0.1) is 6.61 Å². The van der Waals surface area contributed by atoms with Crippen LogP contribution in [0.1, 0.15) is 46.5 Å². The summed E-state index contributed by atoms with van der Waals surface area (Å²) in [5.41, 5.74) is 1.57. The minimum Gasteiger partial charge on any atom is -0.494 e. The van der Waals surface area contributed by atoms with Gasteiger partial charge in [0.1, 0.15) is 5.75 Å². The van der Waals surface area contributed by atoms with Gasteiger partial charge in [-0.15, -0.1) is 0 Å². The number of hydrogen-bond acceptors (Lipinski definition) is 2. The van der Waals surface area contributed by atoms with Crippen LogP contribution in [0.3, 0.4) is 0 Å². The zero-order valence-corrected chi connectivity index (χ0v) is 11.8. The average molecular weight is 247 g/mol. The summed E-state index contributed by atoms with van der Waals surface area (Å²) in [4.78, 5) is 0. The van der Waals surface area contributed by atoms with Crippen molar-refractivity contribution in [2.75, 3.05) is 11.9 Å². The van der Waals surface area contributed by atoms with E-state index in [1.807, 2.05) is 13.0 Å². The van der Waals surface area contributed by atoms with Gasteiger partial charge in [0.2, 0.25) is 0 Å². The molecule has 2 nitrogen and oxygen atoms in total. The van der Waals surface area contributed by atoms with Crippen molar-refractivity contribution in [1.29, 1.82) is 0 Å². The quantitative estimate of drug-likeness (QED) is 0.847. The van der Waals surface area contributed by atoms with E-state index in [2.05, 4.69) is 37.4 Å². The fraction of sp³-hybridized carbons (Fsp3) is 0.625. The maximum absolute atomic E-state index is 5.55. The summed E-state index contributed by atoms with van der Waals surface area (Å²) in [5, 5.41) is 3.69. The number of ether oxygens (including phenoxy) is 1. The summed E-state index contributed by atoms with van der Waals surface area (Å²) < 4.78 is 5.55. The van der Waals surface area contributed by atoms with E-state index in [4.69, 9.17) is 4.74 Å². The van der Waals surface area contributed by atoms with Crippen molar-refractivity contribution in [1.82, 2.24) is 0 Å². The van der Waals surface area contributed by atoms with Crippen LogP contribution in [0.5, 0.6) is 5.75 Å². The molecule has 100 valence electrons. The van der Waals surface area contributed by atoms with Crippen LogP contribution in [0.4, 0.5) is 5.69 Å². The monoisotopic (exact) mass is 247 g/mol. The van der Waals surface area contributed by atoms with Crippen molar-refractivity contribution < 1.29 is 4.74 Å². The highest BCUT2D eigenvalue weighted by molar-refractivity contribution is 5.49. The molecular weight excluding hydrogens is 222 g/mol. The van der Waals surface area contributed by atoms with Crippen LogP contribution in [-0.4, -0.2) is 12.6 Å². The molecular formula is C16H25NO. The van der Waals surface area contributed by atoms with Gasteiger partial charge in [-0.2, -0.15) is 0 Å². The van der Waals surface area contributed by atoms with E-state index >= 15 is 0 Å². The maximum Gasteiger partial charge on any atom is 0.121 e. The molecule has 1 atom stereocenters. The van der Waals surface area contributed by atoms with E-state index in [1.54, 1.807) is 0 Å². The van der Waals surface area contributed by atoms with E-state index in [1.165, 1.54) is 31.4 Å². The number of rotatable bonds is 4. The summed E-state index contributed by atoms with van der Waals surface area (Å²) >= 11 is 0. The summed E-state index contributed by atoms with van der Waals surface area (Å²) in [6.07, 6.45) is 5.29. The van der Waals surface area contributed by atoms with E-state index in [0.29, 0.717) is 11.5 Å². The fourth-order valence-electron chi connectivity index (χ4n) is 2.81. The number of hydrogen-bond donors (Lipinski definition) is 1. The van der Waals surface area contributed by atoms with Gasteiger partial charge in [0.15, 0.2) is 0 Å². The molecule has 1 unspecified atom stereocenters. The van der Waals surface area contributed by atoms with Crippen molar-refractivity contribution in [3.8, 4) is 5.75 Å². The maximum atomic E-state index is 5.55. The van der Waals surface area contributed by atoms with Crippen molar-refractivity contribution in [3.63, 3.8) is 0 Å². The largest absolute Gasteiger partial charge is 0.494 e. The third-order valence-electron chi connectivity index (χ3n) is 3.99. The Morgan fingerprint density at radius 2 is 2.17 bits per heavy atom. The second-order valence-electron chi connectivity index (χ2n) is 5.89. The Labute approximate surface area is 111 Å². The predicted molar refractivity (Wildman–Crippen MR) is 77.3 cm³/mol. The van der Waals surface area contributed by atoms with E-state index in [-0.39, 0.29) is 0 Å². The molecule has 0 spiro atoms. The lowest BCUT2D eigenvalue weighted by atomic mass is 9.73. The Morgan fingerprint density at radius 3 is 2.89 bits per heavy atom. The Hall–Kier alpha value is -1.18. The molecule has 1 N–H and O–H groups in total. The van der Waals surface area contributed by atoms with Crippen LogP contribution >= 0.6 is 0 Å². The van der Waals surface area contributed by atoms with Crippen LogP contribution in [0.2, 0.25) is 0 Å². The highest BCUT2D eigenvalue weighted by Crippen LogP contribution is 2.37. The molecule has 1 fully saturated rings. The van der Waals surface area contributed by atoms with Crippen LogP contribution < -0.4 is 10.1 Å². The zero-order valence-electron chi connectivity index (χ0n) is 11.8. The normalized spacial score (nSPS) is 22.5. The van der Waals surface area contributed by atoms with Gasteiger partial charge in [0, 0.05) is 17.8 Å². The second kappa shape index (κ2) is 5.64. The first kappa shape index (κ1) is 13.3. The molecule has 0 aromatic heterocycles. The molecule has 1 aromatic carbocycles. The van der Waals surface area contributed by atoms with Crippen molar-refractivity contribution in [2.24, 2.45) is 5.41 Å². The first-order valence-electron chi connectivity index (χ1n) is 7.11. The Morgan fingerprint density at radius 1 is 1.33 bits per heavy atom. The molecule has 1 aromatic rings. The van der Waals surface area contributed by atoms with Crippen LogP contribution in [0.25, 0.3) is 0 Å². The molecule has 1 saturated carbocycles. The van der Waals surface area contributed by atoms with E-state index < -0.39 is 0 Å². The average Bonchev–Trinajstić information content (AvgIpc) is 2.33. The Bertz CT molecular complexity index is 386. The van der Waals surface area contributed by atoms with Crippen molar-refractivity contribution in [2.45, 2.75) is 52.5 Å². The third kappa shape index (κ3) is 3.18. The van der Waals surface area contributed by atoms with Gasteiger partial charge in [-0.25, -0.2) is 0 Å². The zero-order chi connectivity index (χ0) is 13.0. The van der Waals surface area contributed by atoms with Gasteiger partial charge in [-0.05, 0) is 37.3 Å². The molecule has 1 aliphatic rings. The predicted octanol–water partition coefficient (Wildman–Crippen LogP) is 4.47. The van der Waals surface area contributed by atoms with Crippen LogP contribution in [0, 0.1) is 5.41 Å². The molecule has 2 rings (SSSR count). The van der Waals surface area contributed by atoms with Gasteiger partial charge in [0.25, 0.3) is 0 Å². The summed E-state index contributed by atoms with van der Waals surface area (Å²) in [5.74, 6) is 0.955. The van der Waals surface area contributed by atoms with Gasteiger partial charge < -0.3 is 10.1 Å². The van der Waals surface area contributed by atoms with Crippen LogP contribution in [0.15, 0.2) is 24.3 Å². The van der Waals surface area contributed by atoms with Crippen molar-refractivity contribution >= 4 is 5.69 Å². The molecule has 2 heteroatoms. The second-order valence-corrected chi connectivity index (χ2v) is 5.89. The number of anilines is 1. The fourth-order valence-corrected chi connectivity index (χ4v) is 2.81. The topological polar surface area (TPSA) is 21.3 Å². The molecule has 1 aliphatic carbocycles. The van der Waals surface area contributed by atoms with Crippen molar-refractivity contribution in [3.05, 3.63) is 24.3 Å². The first-order chi connectivity index (χ1) is 8.62. The van der Waals surface area contributed by atoms with Crippen LogP contribution in [-0.2, 0) is 0 Å². The highest BCUT2D eigenvalue weighted by atomic mass is 16.5. The lowest BCUT2D eigenvalue weighted by Crippen LogP contribution is -2.38. The van der Waals surface area contributed by atoms with E-state index in [9.17, 15) is 0 Å². The SMILES string of the molecule is CCOc1cccc(NC2CCCCC2(C)C)c1. The molecule has 0 radical (unpaired) electrons. The molecule has 0 heterocycles. The van der Waals surface area contributed by atoms with Gasteiger partial charge >= 0.3 is 0 Å². The summed E-state index contributed by atoms with van der Waals surface area (Å²) in [6, 6.07) is 8.88. The summed E-state index contributed by atoms with van der Waals surface area (Å²) in [6.45, 7) is 7.48. The van der Waals surface area contributed by atoms with E-state index in [0.717, 1.165) is 12.4 Å². The minimum absolute atomic E-state index is 0.389. The Balaban J connectivity index is 2.06. The lowest BCUT2D eigenvalue weighted by Gasteiger charge is -2.39. The molecule has 18 heavy (non-hydrogen) atoms. The summed E-state index contributed by atoms with van der Waals surface area (Å²) in [7, 11) is 0. The standard InChI is InChI=1S/C16H25NO/c1-4-18-14-9-7-8-13(12-14)17-15-10-5-6-11-16(15,2)3/h7-9,12,15,17H,4-6,10-11H2,1-3H3. The molecule has 0 saturated heterocycles. The number of benzene rings is 1. The minimum atomic E-state index is 0.389. The Kier molecular flexibility index (Phi) is 4.15. The number of nitrogens with one attached hydrogen (secondary N) is 1. The lowest BCUT2D eigenvalue weighted by molar-refractivity contribution is 0.217. The highest BCUT2D eigenvalue weighted by Gasteiger charge is 2.31. The smallest absolute Gasteiger partial charge is 0.121 e. The molecule has 0 amide bonds. The first-order valence-corrected chi connectivity index (χ1v) is 7.11. The third-order valence-corrected chi connectivity index (χ3v) is 3.99. The van der Waals surface area contributed by atoms with Gasteiger partial charge in [-0.1, -0.05) is 32.8 Å². The molecule has 0 bridgehead atoms. The molecule has 0 aliphatic heterocycles.